The predicted molar refractivity (Wildman–Crippen MR) is 90.1 cm³/mol. The lowest BCUT2D eigenvalue weighted by molar-refractivity contribution is 0.588. The van der Waals surface area contributed by atoms with Gasteiger partial charge in [0.15, 0.2) is 0 Å². The first-order valence-electron chi connectivity index (χ1n) is 7.60. The highest BCUT2D eigenvalue weighted by Gasteiger charge is 2.09. The molecule has 2 rings (SSSR count). The number of nitrogens with one attached hydrogen (secondary N) is 1. The van der Waals surface area contributed by atoms with Crippen molar-refractivity contribution in [1.29, 1.82) is 0 Å². The van der Waals surface area contributed by atoms with Gasteiger partial charge < -0.3 is 10.2 Å². The maximum absolute atomic E-state index is 4.28. The van der Waals surface area contributed by atoms with Crippen LogP contribution in [0, 0.1) is 0 Å². The third-order valence-electron chi connectivity index (χ3n) is 3.68. The van der Waals surface area contributed by atoms with Crippen LogP contribution in [0.2, 0.25) is 0 Å². The van der Waals surface area contributed by atoms with Crippen molar-refractivity contribution >= 4 is 11.4 Å². The molecule has 1 aromatic heterocycles. The van der Waals surface area contributed by atoms with Crippen LogP contribution in [0.5, 0.6) is 0 Å². The third kappa shape index (κ3) is 4.05. The van der Waals surface area contributed by atoms with E-state index in [-0.39, 0.29) is 0 Å². The van der Waals surface area contributed by atoms with Gasteiger partial charge in [0, 0.05) is 31.5 Å². The van der Waals surface area contributed by atoms with Crippen LogP contribution in [0.15, 0.2) is 42.7 Å². The first-order chi connectivity index (χ1) is 10.1. The third-order valence-corrected chi connectivity index (χ3v) is 3.68. The zero-order chi connectivity index (χ0) is 15.2. The zero-order valence-electron chi connectivity index (χ0n) is 13.4. The summed E-state index contributed by atoms with van der Waals surface area (Å²) in [5.41, 5.74) is 4.96. The lowest BCUT2D eigenvalue weighted by atomic mass is 10.1. The normalized spacial score (nSPS) is 10.9. The molecule has 0 aliphatic carbocycles. The number of aromatic nitrogens is 1. The van der Waals surface area contributed by atoms with Crippen molar-refractivity contribution in [2.75, 3.05) is 11.9 Å². The molecule has 0 atom stereocenters. The Balaban J connectivity index is 2.23. The summed E-state index contributed by atoms with van der Waals surface area (Å²) >= 11 is 0. The van der Waals surface area contributed by atoms with Gasteiger partial charge in [-0.15, -0.1) is 0 Å². The Kier molecular flexibility index (Phi) is 5.34. The number of hydrogen-bond acceptors (Lipinski definition) is 3. The summed E-state index contributed by atoms with van der Waals surface area (Å²) in [5, 5.41) is 3.47. The number of hydrogen-bond donors (Lipinski definition) is 1. The molecule has 0 saturated carbocycles. The Morgan fingerprint density at radius 1 is 1.14 bits per heavy atom. The quantitative estimate of drug-likeness (QED) is 0.871. The number of pyridine rings is 1. The van der Waals surface area contributed by atoms with Gasteiger partial charge in [0.1, 0.15) is 0 Å². The van der Waals surface area contributed by atoms with Gasteiger partial charge >= 0.3 is 0 Å². The second kappa shape index (κ2) is 7.23. The highest BCUT2D eigenvalue weighted by atomic mass is 15.1. The van der Waals surface area contributed by atoms with E-state index < -0.39 is 0 Å². The van der Waals surface area contributed by atoms with Gasteiger partial charge in [-0.1, -0.05) is 32.9 Å². The van der Waals surface area contributed by atoms with Crippen molar-refractivity contribution in [3.8, 4) is 0 Å². The van der Waals surface area contributed by atoms with Crippen LogP contribution >= 0.6 is 0 Å². The van der Waals surface area contributed by atoms with Gasteiger partial charge in [-0.05, 0) is 35.7 Å². The number of benzene rings is 1. The van der Waals surface area contributed by atoms with Gasteiger partial charge in [-0.25, -0.2) is 0 Å². The Bertz CT molecular complexity index is 561. The molecule has 21 heavy (non-hydrogen) atoms. The van der Waals surface area contributed by atoms with E-state index in [0.717, 1.165) is 18.7 Å². The molecular formula is C18H25N3. The van der Waals surface area contributed by atoms with E-state index in [1.165, 1.54) is 16.8 Å². The highest BCUT2D eigenvalue weighted by molar-refractivity contribution is 5.65. The molecule has 0 aliphatic heterocycles. The average molecular weight is 283 g/mol. The van der Waals surface area contributed by atoms with Gasteiger partial charge in [0.2, 0.25) is 0 Å². The van der Waals surface area contributed by atoms with E-state index >= 15 is 0 Å². The van der Waals surface area contributed by atoms with Crippen LogP contribution in [0.4, 0.5) is 11.4 Å². The van der Waals surface area contributed by atoms with Crippen molar-refractivity contribution in [1.82, 2.24) is 10.3 Å². The monoisotopic (exact) mass is 283 g/mol. The summed E-state index contributed by atoms with van der Waals surface area (Å²) in [6.07, 6.45) is 4.86. The fourth-order valence-electron chi connectivity index (χ4n) is 2.27. The van der Waals surface area contributed by atoms with Crippen LogP contribution in [-0.2, 0) is 13.0 Å². The second-order valence-corrected chi connectivity index (χ2v) is 5.62. The van der Waals surface area contributed by atoms with Gasteiger partial charge in [-0.2, -0.15) is 0 Å². The molecule has 0 aliphatic rings. The van der Waals surface area contributed by atoms with Crippen molar-refractivity contribution in [3.05, 3.63) is 53.9 Å². The summed E-state index contributed by atoms with van der Waals surface area (Å²) < 4.78 is 0. The summed E-state index contributed by atoms with van der Waals surface area (Å²) in [6.45, 7) is 7.35. The number of aryl methyl sites for hydroxylation is 1. The van der Waals surface area contributed by atoms with Crippen molar-refractivity contribution in [3.63, 3.8) is 0 Å². The Hall–Kier alpha value is -1.87. The van der Waals surface area contributed by atoms with E-state index in [1.807, 2.05) is 12.4 Å². The molecule has 0 saturated heterocycles. The van der Waals surface area contributed by atoms with Crippen molar-refractivity contribution in [2.45, 2.75) is 39.8 Å². The van der Waals surface area contributed by atoms with Gasteiger partial charge in [0.25, 0.3) is 0 Å². The van der Waals surface area contributed by atoms with Gasteiger partial charge in [-0.3, -0.25) is 4.98 Å². The molecule has 112 valence electrons. The Morgan fingerprint density at radius 3 is 2.48 bits per heavy atom. The molecule has 0 radical (unpaired) electrons. The van der Waals surface area contributed by atoms with Crippen LogP contribution in [0.3, 0.4) is 0 Å². The molecule has 0 bridgehead atoms. The molecule has 3 heteroatoms. The average Bonchev–Trinajstić information content (AvgIpc) is 2.52. The summed E-state index contributed by atoms with van der Waals surface area (Å²) in [7, 11) is 2.09. The van der Waals surface area contributed by atoms with Crippen LogP contribution in [0.25, 0.3) is 0 Å². The zero-order valence-corrected chi connectivity index (χ0v) is 13.4. The lowest BCUT2D eigenvalue weighted by Gasteiger charge is -2.23. The number of nitrogens with zero attached hydrogens (tertiary/aromatic N) is 2. The maximum atomic E-state index is 4.28. The fourth-order valence-corrected chi connectivity index (χ4v) is 2.27. The van der Waals surface area contributed by atoms with E-state index in [9.17, 15) is 0 Å². The van der Waals surface area contributed by atoms with E-state index in [2.05, 4.69) is 73.4 Å². The molecule has 3 nitrogen and oxygen atoms in total. The maximum Gasteiger partial charge on any atom is 0.0640 e. The minimum absolute atomic E-state index is 0.472. The SMILES string of the molecule is CCc1ccc(N(C)c2cnccc2CNC(C)C)cc1. The molecular weight excluding hydrogens is 258 g/mol. The van der Waals surface area contributed by atoms with E-state index in [1.54, 1.807) is 0 Å². The first kappa shape index (κ1) is 15.5. The molecule has 1 heterocycles. The van der Waals surface area contributed by atoms with Gasteiger partial charge in [0.05, 0.1) is 11.9 Å². The van der Waals surface area contributed by atoms with Crippen LogP contribution < -0.4 is 10.2 Å². The molecule has 0 fully saturated rings. The summed E-state index contributed by atoms with van der Waals surface area (Å²) in [5.74, 6) is 0. The molecule has 0 spiro atoms. The minimum Gasteiger partial charge on any atom is -0.343 e. The molecule has 0 amide bonds. The van der Waals surface area contributed by atoms with Crippen LogP contribution in [0.1, 0.15) is 31.9 Å². The molecule has 1 aromatic carbocycles. The standard InChI is InChI=1S/C18H25N3/c1-5-15-6-8-17(9-7-15)21(4)18-13-19-11-10-16(18)12-20-14(2)3/h6-11,13-14,20H,5,12H2,1-4H3. The predicted octanol–water partition coefficient (Wildman–Crippen LogP) is 3.91. The van der Waals surface area contributed by atoms with E-state index in [0.29, 0.717) is 6.04 Å². The lowest BCUT2D eigenvalue weighted by Crippen LogP contribution is -2.23. The Labute approximate surface area is 128 Å². The number of rotatable bonds is 6. The van der Waals surface area contributed by atoms with E-state index in [4.69, 9.17) is 0 Å². The van der Waals surface area contributed by atoms with Crippen molar-refractivity contribution in [2.24, 2.45) is 0 Å². The largest absolute Gasteiger partial charge is 0.343 e. The molecule has 0 unspecified atom stereocenters. The van der Waals surface area contributed by atoms with Crippen molar-refractivity contribution < 1.29 is 0 Å². The summed E-state index contributed by atoms with van der Waals surface area (Å²) in [4.78, 5) is 6.48. The summed E-state index contributed by atoms with van der Waals surface area (Å²) in [6, 6.07) is 11.3. The Morgan fingerprint density at radius 2 is 1.86 bits per heavy atom. The highest BCUT2D eigenvalue weighted by Crippen LogP contribution is 2.26. The smallest absolute Gasteiger partial charge is 0.0640 e. The second-order valence-electron chi connectivity index (χ2n) is 5.62. The fraction of sp³-hybridized carbons (Fsp3) is 0.389. The molecule has 2 aromatic rings. The minimum atomic E-state index is 0.472. The first-order valence-corrected chi connectivity index (χ1v) is 7.60. The topological polar surface area (TPSA) is 28.2 Å². The molecule has 1 N–H and O–H groups in total. The number of anilines is 2. The van der Waals surface area contributed by atoms with Crippen LogP contribution in [-0.4, -0.2) is 18.1 Å².